The highest BCUT2D eigenvalue weighted by Crippen LogP contribution is 2.26. The van der Waals surface area contributed by atoms with E-state index in [1.807, 2.05) is 41.8 Å². The first-order valence-electron chi connectivity index (χ1n) is 8.56. The van der Waals surface area contributed by atoms with E-state index in [1.165, 1.54) is 37.0 Å². The van der Waals surface area contributed by atoms with Gasteiger partial charge in [0.15, 0.2) is 0 Å². The van der Waals surface area contributed by atoms with Crippen molar-refractivity contribution >= 4 is 22.9 Å². The number of aliphatic hydroxyl groups excluding tert-OH is 1. The number of hydrogen-bond acceptors (Lipinski definition) is 4. The van der Waals surface area contributed by atoms with Crippen molar-refractivity contribution in [1.82, 2.24) is 4.90 Å². The summed E-state index contributed by atoms with van der Waals surface area (Å²) in [5.74, 6) is 0.0310. The molecule has 1 amide bonds. The molecule has 1 aromatic heterocycles. The number of thiophene rings is 1. The SMILES string of the molecule is O=C(CN1CCCCCC1)Nc1ccc(C(O)c2cccs2)cc1. The van der Waals surface area contributed by atoms with Crippen LogP contribution in [-0.4, -0.2) is 35.5 Å². The number of anilines is 1. The first-order valence-corrected chi connectivity index (χ1v) is 9.44. The minimum absolute atomic E-state index is 0.0310. The van der Waals surface area contributed by atoms with E-state index in [9.17, 15) is 9.90 Å². The maximum atomic E-state index is 12.2. The highest BCUT2D eigenvalue weighted by atomic mass is 32.1. The molecular formula is C19H24N2O2S. The number of carbonyl (C=O) groups excluding carboxylic acids is 1. The van der Waals surface area contributed by atoms with Crippen molar-refractivity contribution in [2.24, 2.45) is 0 Å². The first-order chi connectivity index (χ1) is 11.7. The van der Waals surface area contributed by atoms with Crippen LogP contribution >= 0.6 is 11.3 Å². The second kappa shape index (κ2) is 8.42. The largest absolute Gasteiger partial charge is 0.383 e. The molecule has 1 aromatic carbocycles. The van der Waals surface area contributed by atoms with Gasteiger partial charge >= 0.3 is 0 Å². The molecule has 5 heteroatoms. The molecule has 0 aliphatic carbocycles. The number of rotatable bonds is 5. The van der Waals surface area contributed by atoms with E-state index < -0.39 is 6.10 Å². The predicted molar refractivity (Wildman–Crippen MR) is 98.4 cm³/mol. The van der Waals surface area contributed by atoms with Crippen LogP contribution in [0.15, 0.2) is 41.8 Å². The van der Waals surface area contributed by atoms with Crippen LogP contribution in [0.5, 0.6) is 0 Å². The Morgan fingerprint density at radius 1 is 1.12 bits per heavy atom. The second-order valence-electron chi connectivity index (χ2n) is 6.28. The van der Waals surface area contributed by atoms with Crippen LogP contribution in [0.4, 0.5) is 5.69 Å². The summed E-state index contributed by atoms with van der Waals surface area (Å²) in [6.07, 6.45) is 4.30. The smallest absolute Gasteiger partial charge is 0.238 e. The summed E-state index contributed by atoms with van der Waals surface area (Å²) in [7, 11) is 0. The third kappa shape index (κ3) is 4.66. The topological polar surface area (TPSA) is 52.6 Å². The van der Waals surface area contributed by atoms with E-state index in [0.717, 1.165) is 29.2 Å². The minimum atomic E-state index is -0.605. The number of benzene rings is 1. The van der Waals surface area contributed by atoms with Gasteiger partial charge in [-0.05, 0) is 55.1 Å². The number of amides is 1. The molecule has 1 aliphatic rings. The van der Waals surface area contributed by atoms with E-state index >= 15 is 0 Å². The van der Waals surface area contributed by atoms with Crippen molar-refractivity contribution in [3.05, 3.63) is 52.2 Å². The molecular weight excluding hydrogens is 320 g/mol. The normalized spacial score (nSPS) is 17.2. The zero-order valence-corrected chi connectivity index (χ0v) is 14.6. The lowest BCUT2D eigenvalue weighted by atomic mass is 10.1. The van der Waals surface area contributed by atoms with Gasteiger partial charge in [-0.2, -0.15) is 0 Å². The summed E-state index contributed by atoms with van der Waals surface area (Å²) in [6, 6.07) is 11.3. The summed E-state index contributed by atoms with van der Waals surface area (Å²) in [5, 5.41) is 15.2. The fourth-order valence-electron chi connectivity index (χ4n) is 3.06. The van der Waals surface area contributed by atoms with Crippen LogP contribution in [-0.2, 0) is 4.79 Å². The molecule has 0 radical (unpaired) electrons. The Morgan fingerprint density at radius 3 is 2.46 bits per heavy atom. The van der Waals surface area contributed by atoms with E-state index in [4.69, 9.17) is 0 Å². The molecule has 1 fully saturated rings. The van der Waals surface area contributed by atoms with Gasteiger partial charge in [-0.3, -0.25) is 9.69 Å². The summed E-state index contributed by atoms with van der Waals surface area (Å²) >= 11 is 1.54. The number of nitrogens with one attached hydrogen (secondary N) is 1. The Balaban J connectivity index is 1.54. The van der Waals surface area contributed by atoms with Gasteiger partial charge in [0.1, 0.15) is 6.10 Å². The molecule has 1 atom stereocenters. The molecule has 128 valence electrons. The summed E-state index contributed by atoms with van der Waals surface area (Å²) in [6.45, 7) is 2.48. The van der Waals surface area contributed by atoms with Crippen LogP contribution in [0.2, 0.25) is 0 Å². The Bertz CT molecular complexity index is 632. The zero-order valence-electron chi connectivity index (χ0n) is 13.8. The number of nitrogens with zero attached hydrogens (tertiary/aromatic N) is 1. The van der Waals surface area contributed by atoms with E-state index in [-0.39, 0.29) is 5.91 Å². The highest BCUT2D eigenvalue weighted by molar-refractivity contribution is 7.10. The molecule has 1 saturated heterocycles. The molecule has 24 heavy (non-hydrogen) atoms. The summed E-state index contributed by atoms with van der Waals surface area (Å²) in [5.41, 5.74) is 1.61. The van der Waals surface area contributed by atoms with Crippen LogP contribution in [0.3, 0.4) is 0 Å². The van der Waals surface area contributed by atoms with Gasteiger partial charge in [0.2, 0.25) is 5.91 Å². The average molecular weight is 344 g/mol. The molecule has 4 nitrogen and oxygen atoms in total. The monoisotopic (exact) mass is 344 g/mol. The average Bonchev–Trinajstić information content (AvgIpc) is 3.01. The fourth-order valence-corrected chi connectivity index (χ4v) is 3.79. The van der Waals surface area contributed by atoms with E-state index in [1.54, 1.807) is 0 Å². The second-order valence-corrected chi connectivity index (χ2v) is 7.26. The van der Waals surface area contributed by atoms with Crippen molar-refractivity contribution in [2.75, 3.05) is 25.0 Å². The number of likely N-dealkylation sites (tertiary alicyclic amines) is 1. The van der Waals surface area contributed by atoms with Gasteiger partial charge in [-0.1, -0.05) is 31.0 Å². The van der Waals surface area contributed by atoms with Gasteiger partial charge in [-0.15, -0.1) is 11.3 Å². The number of hydrogen-bond donors (Lipinski definition) is 2. The predicted octanol–water partition coefficient (Wildman–Crippen LogP) is 3.64. The molecule has 2 heterocycles. The zero-order chi connectivity index (χ0) is 16.8. The third-order valence-corrected chi connectivity index (χ3v) is 5.31. The first kappa shape index (κ1) is 17.1. The molecule has 0 spiro atoms. The van der Waals surface area contributed by atoms with E-state index in [2.05, 4.69) is 10.2 Å². The van der Waals surface area contributed by atoms with E-state index in [0.29, 0.717) is 6.54 Å². The molecule has 2 aromatic rings. The van der Waals surface area contributed by atoms with Gasteiger partial charge < -0.3 is 10.4 Å². The highest BCUT2D eigenvalue weighted by Gasteiger charge is 2.14. The maximum absolute atomic E-state index is 12.2. The molecule has 2 N–H and O–H groups in total. The van der Waals surface area contributed by atoms with Crippen molar-refractivity contribution in [3.63, 3.8) is 0 Å². The molecule has 1 unspecified atom stereocenters. The van der Waals surface area contributed by atoms with Crippen molar-refractivity contribution < 1.29 is 9.90 Å². The summed E-state index contributed by atoms with van der Waals surface area (Å²) < 4.78 is 0. The Kier molecular flexibility index (Phi) is 6.01. The van der Waals surface area contributed by atoms with Crippen molar-refractivity contribution in [3.8, 4) is 0 Å². The fraction of sp³-hybridized carbons (Fsp3) is 0.421. The minimum Gasteiger partial charge on any atom is -0.383 e. The Morgan fingerprint density at radius 2 is 1.83 bits per heavy atom. The third-order valence-electron chi connectivity index (χ3n) is 4.39. The molecule has 3 rings (SSSR count). The van der Waals surface area contributed by atoms with Crippen LogP contribution in [0, 0.1) is 0 Å². The van der Waals surface area contributed by atoms with Crippen molar-refractivity contribution in [1.29, 1.82) is 0 Å². The van der Waals surface area contributed by atoms with Gasteiger partial charge in [0.25, 0.3) is 0 Å². The molecule has 0 bridgehead atoms. The standard InChI is InChI=1S/C19H24N2O2S/c22-18(14-21-11-3-1-2-4-12-21)20-16-9-7-15(8-10-16)19(23)17-6-5-13-24-17/h5-10,13,19,23H,1-4,11-12,14H2,(H,20,22). The number of aliphatic hydroxyl groups is 1. The van der Waals surface area contributed by atoms with Crippen LogP contribution in [0.25, 0.3) is 0 Å². The van der Waals surface area contributed by atoms with Gasteiger partial charge in [0.05, 0.1) is 6.54 Å². The van der Waals surface area contributed by atoms with Gasteiger partial charge in [0, 0.05) is 10.6 Å². The van der Waals surface area contributed by atoms with Gasteiger partial charge in [-0.25, -0.2) is 0 Å². The molecule has 0 saturated carbocycles. The Hall–Kier alpha value is -1.69. The quantitative estimate of drug-likeness (QED) is 0.870. The Labute approximate surface area is 147 Å². The lowest BCUT2D eigenvalue weighted by Crippen LogP contribution is -2.33. The van der Waals surface area contributed by atoms with Crippen molar-refractivity contribution in [2.45, 2.75) is 31.8 Å². The summed E-state index contributed by atoms with van der Waals surface area (Å²) in [4.78, 5) is 15.4. The van der Waals surface area contributed by atoms with Crippen LogP contribution < -0.4 is 5.32 Å². The molecule has 1 aliphatic heterocycles. The lowest BCUT2D eigenvalue weighted by Gasteiger charge is -2.19. The van der Waals surface area contributed by atoms with Crippen LogP contribution in [0.1, 0.15) is 42.2 Å². The number of carbonyl (C=O) groups is 1. The lowest BCUT2D eigenvalue weighted by molar-refractivity contribution is -0.117. The maximum Gasteiger partial charge on any atom is 0.238 e.